The van der Waals surface area contributed by atoms with Gasteiger partial charge in [0.15, 0.2) is 0 Å². The molecule has 1 aromatic rings. The van der Waals surface area contributed by atoms with E-state index in [4.69, 9.17) is 4.74 Å². The molecule has 0 bridgehead atoms. The molecule has 144 valence electrons. The first-order valence-electron chi connectivity index (χ1n) is 9.36. The van der Waals surface area contributed by atoms with Gasteiger partial charge in [-0.1, -0.05) is 13.8 Å². The van der Waals surface area contributed by atoms with Crippen LogP contribution in [-0.2, 0) is 4.74 Å². The maximum absolute atomic E-state index is 11.2. The number of morpholine rings is 1. The van der Waals surface area contributed by atoms with E-state index in [1.54, 1.807) is 0 Å². The standard InChI is InChI=1S/C17H28N6O3/c1-12(2)9-14(22-5-7-26-8-6-22)10-18-17-19-11-15(23(24)25)16(21-17)20-13-3-4-13/h11-14H,3-10H2,1-2H3,(H2,18,19,20,21). The molecule has 1 aliphatic heterocycles. The van der Waals surface area contributed by atoms with Crippen molar-refractivity contribution in [1.29, 1.82) is 0 Å². The number of rotatable bonds is 9. The lowest BCUT2D eigenvalue weighted by Gasteiger charge is -2.35. The molecule has 1 saturated heterocycles. The smallest absolute Gasteiger partial charge is 0.329 e. The maximum Gasteiger partial charge on any atom is 0.329 e. The second kappa shape index (κ2) is 8.59. The lowest BCUT2D eigenvalue weighted by Crippen LogP contribution is -2.47. The molecule has 9 nitrogen and oxygen atoms in total. The van der Waals surface area contributed by atoms with E-state index in [1.165, 1.54) is 6.20 Å². The van der Waals surface area contributed by atoms with Crippen molar-refractivity contribution in [3.63, 3.8) is 0 Å². The molecule has 2 fully saturated rings. The lowest BCUT2D eigenvalue weighted by atomic mass is 10.0. The Morgan fingerprint density at radius 3 is 2.73 bits per heavy atom. The Balaban J connectivity index is 1.66. The van der Waals surface area contributed by atoms with Crippen LogP contribution in [0.3, 0.4) is 0 Å². The molecule has 1 aliphatic carbocycles. The zero-order valence-corrected chi connectivity index (χ0v) is 15.5. The van der Waals surface area contributed by atoms with Crippen LogP contribution in [0.2, 0.25) is 0 Å². The first kappa shape index (κ1) is 18.8. The molecule has 3 rings (SSSR count). The number of nitro groups is 1. The number of nitrogens with one attached hydrogen (secondary N) is 2. The predicted molar refractivity (Wildman–Crippen MR) is 99.5 cm³/mol. The van der Waals surface area contributed by atoms with Crippen LogP contribution in [0.1, 0.15) is 33.1 Å². The summed E-state index contributed by atoms with van der Waals surface area (Å²) in [7, 11) is 0. The van der Waals surface area contributed by atoms with Crippen molar-refractivity contribution in [3.8, 4) is 0 Å². The average molecular weight is 364 g/mol. The van der Waals surface area contributed by atoms with Crippen LogP contribution in [0, 0.1) is 16.0 Å². The number of ether oxygens (including phenoxy) is 1. The Labute approximate surface area is 153 Å². The molecule has 1 atom stereocenters. The van der Waals surface area contributed by atoms with Gasteiger partial charge in [-0.15, -0.1) is 0 Å². The van der Waals surface area contributed by atoms with Crippen LogP contribution in [0.25, 0.3) is 0 Å². The van der Waals surface area contributed by atoms with Crippen LogP contribution in [0.4, 0.5) is 17.5 Å². The van der Waals surface area contributed by atoms with Crippen molar-refractivity contribution in [2.24, 2.45) is 5.92 Å². The molecule has 26 heavy (non-hydrogen) atoms. The van der Waals surface area contributed by atoms with Crippen LogP contribution in [0.5, 0.6) is 0 Å². The first-order valence-corrected chi connectivity index (χ1v) is 9.36. The topological polar surface area (TPSA) is 105 Å². The van der Waals surface area contributed by atoms with E-state index in [0.29, 0.717) is 36.3 Å². The van der Waals surface area contributed by atoms with Gasteiger partial charge in [-0.3, -0.25) is 15.0 Å². The number of aromatic nitrogens is 2. The molecule has 0 aromatic carbocycles. The third kappa shape index (κ3) is 5.25. The van der Waals surface area contributed by atoms with E-state index in [1.807, 2.05) is 0 Å². The highest BCUT2D eigenvalue weighted by atomic mass is 16.6. The second-order valence-electron chi connectivity index (χ2n) is 7.42. The van der Waals surface area contributed by atoms with Gasteiger partial charge < -0.3 is 15.4 Å². The fraction of sp³-hybridized carbons (Fsp3) is 0.765. The largest absolute Gasteiger partial charge is 0.379 e. The fourth-order valence-electron chi connectivity index (χ4n) is 3.18. The number of hydrogen-bond donors (Lipinski definition) is 2. The lowest BCUT2D eigenvalue weighted by molar-refractivity contribution is -0.384. The SMILES string of the molecule is CC(C)CC(CNc1ncc([N+](=O)[O-])c(NC2CC2)n1)N1CCOCC1. The third-order valence-electron chi connectivity index (χ3n) is 4.69. The van der Waals surface area contributed by atoms with Gasteiger partial charge in [0.2, 0.25) is 11.8 Å². The summed E-state index contributed by atoms with van der Waals surface area (Å²) in [6.45, 7) is 8.51. The van der Waals surface area contributed by atoms with Gasteiger partial charge in [0, 0.05) is 31.7 Å². The van der Waals surface area contributed by atoms with E-state index in [0.717, 1.165) is 45.6 Å². The van der Waals surface area contributed by atoms with Crippen molar-refractivity contribution in [2.45, 2.75) is 45.2 Å². The molecule has 2 aliphatic rings. The van der Waals surface area contributed by atoms with Gasteiger partial charge in [0.05, 0.1) is 18.1 Å². The first-order chi connectivity index (χ1) is 12.5. The Morgan fingerprint density at radius 2 is 2.12 bits per heavy atom. The fourth-order valence-corrected chi connectivity index (χ4v) is 3.18. The molecule has 1 unspecified atom stereocenters. The molecular formula is C17H28N6O3. The molecule has 1 aromatic heterocycles. The molecule has 2 N–H and O–H groups in total. The second-order valence-corrected chi connectivity index (χ2v) is 7.42. The Kier molecular flexibility index (Phi) is 6.20. The van der Waals surface area contributed by atoms with Gasteiger partial charge in [-0.2, -0.15) is 4.98 Å². The summed E-state index contributed by atoms with van der Waals surface area (Å²) in [5.74, 6) is 1.32. The van der Waals surface area contributed by atoms with E-state index in [9.17, 15) is 10.1 Å². The highest BCUT2D eigenvalue weighted by molar-refractivity contribution is 5.58. The summed E-state index contributed by atoms with van der Waals surface area (Å²) in [4.78, 5) is 21.7. The minimum Gasteiger partial charge on any atom is -0.379 e. The minimum atomic E-state index is -0.441. The van der Waals surface area contributed by atoms with Crippen molar-refractivity contribution < 1.29 is 9.66 Å². The van der Waals surface area contributed by atoms with Crippen molar-refractivity contribution >= 4 is 17.5 Å². The average Bonchev–Trinajstić information content (AvgIpc) is 3.43. The van der Waals surface area contributed by atoms with Crippen LogP contribution in [-0.4, -0.2) is 64.7 Å². The number of hydrogen-bond acceptors (Lipinski definition) is 8. The Bertz CT molecular complexity index is 617. The summed E-state index contributed by atoms with van der Waals surface area (Å²) in [5.41, 5.74) is -0.0747. The maximum atomic E-state index is 11.2. The quantitative estimate of drug-likeness (QED) is 0.507. The Hall–Kier alpha value is -2.00. The molecule has 0 amide bonds. The highest BCUT2D eigenvalue weighted by Gasteiger charge is 2.27. The minimum absolute atomic E-state index is 0.0747. The summed E-state index contributed by atoms with van der Waals surface area (Å²) in [5, 5.41) is 17.6. The third-order valence-corrected chi connectivity index (χ3v) is 4.69. The molecule has 0 radical (unpaired) electrons. The van der Waals surface area contributed by atoms with Gasteiger partial charge in [-0.05, 0) is 25.2 Å². The van der Waals surface area contributed by atoms with Gasteiger partial charge in [0.1, 0.15) is 6.20 Å². The summed E-state index contributed by atoms with van der Waals surface area (Å²) < 4.78 is 5.45. The van der Waals surface area contributed by atoms with Crippen molar-refractivity contribution in [3.05, 3.63) is 16.3 Å². The highest BCUT2D eigenvalue weighted by Crippen LogP contribution is 2.29. The van der Waals surface area contributed by atoms with Gasteiger partial charge in [0.25, 0.3) is 0 Å². The molecule has 2 heterocycles. The Morgan fingerprint density at radius 1 is 1.38 bits per heavy atom. The molecular weight excluding hydrogens is 336 g/mol. The zero-order chi connectivity index (χ0) is 18.5. The monoisotopic (exact) mass is 364 g/mol. The van der Waals surface area contributed by atoms with Crippen LogP contribution in [0.15, 0.2) is 6.20 Å². The van der Waals surface area contributed by atoms with Crippen molar-refractivity contribution in [1.82, 2.24) is 14.9 Å². The molecule has 1 saturated carbocycles. The normalized spacial score (nSPS) is 19.3. The van der Waals surface area contributed by atoms with Crippen molar-refractivity contribution in [2.75, 3.05) is 43.5 Å². The van der Waals surface area contributed by atoms with Gasteiger partial charge in [-0.25, -0.2) is 4.98 Å². The number of nitrogens with zero attached hydrogens (tertiary/aromatic N) is 4. The number of anilines is 2. The molecule has 9 heteroatoms. The van der Waals surface area contributed by atoms with Crippen LogP contribution < -0.4 is 10.6 Å². The van der Waals surface area contributed by atoms with E-state index in [-0.39, 0.29) is 5.69 Å². The summed E-state index contributed by atoms with van der Waals surface area (Å²) in [6, 6.07) is 0.649. The van der Waals surface area contributed by atoms with Gasteiger partial charge >= 0.3 is 5.69 Å². The van der Waals surface area contributed by atoms with E-state index in [2.05, 4.69) is 39.3 Å². The molecule has 0 spiro atoms. The van der Waals surface area contributed by atoms with E-state index >= 15 is 0 Å². The summed E-state index contributed by atoms with van der Waals surface area (Å²) >= 11 is 0. The summed E-state index contributed by atoms with van der Waals surface area (Å²) in [6.07, 6.45) is 4.40. The van der Waals surface area contributed by atoms with E-state index < -0.39 is 4.92 Å². The zero-order valence-electron chi connectivity index (χ0n) is 15.5. The predicted octanol–water partition coefficient (Wildman–Crippen LogP) is 2.12. The van der Waals surface area contributed by atoms with Crippen LogP contribution >= 0.6 is 0 Å².